The molecule has 3 fully saturated rings. The Hall–Kier alpha value is -2.39. The SMILES string of the molecule is COC(=O)N[C@H](C(=O)N1C2CCC(C2)[C@H]1C1=Nc2ccc(B3OC(C)(C)C(C)(C)O3)cc2C1)C(C)C. The summed E-state index contributed by atoms with van der Waals surface area (Å²) in [4.78, 5) is 32.8. The molecule has 194 valence electrons. The Bertz CT molecular complexity index is 1080. The molecular formula is C27H38BN3O5. The molecule has 2 amide bonds. The molecule has 0 spiro atoms. The zero-order chi connectivity index (χ0) is 26.0. The van der Waals surface area contributed by atoms with Gasteiger partial charge in [0, 0.05) is 18.2 Å². The number of benzene rings is 1. The molecule has 2 unspecified atom stereocenters. The summed E-state index contributed by atoms with van der Waals surface area (Å²) in [7, 11) is 0.904. The van der Waals surface area contributed by atoms with Crippen LogP contribution in [0.1, 0.15) is 66.4 Å². The van der Waals surface area contributed by atoms with Crippen molar-refractivity contribution >= 4 is 36.0 Å². The molecule has 1 aliphatic carbocycles. The summed E-state index contributed by atoms with van der Waals surface area (Å²) in [5.41, 5.74) is 3.33. The lowest BCUT2D eigenvalue weighted by Crippen LogP contribution is -2.57. The van der Waals surface area contributed by atoms with Gasteiger partial charge in [-0.25, -0.2) is 4.79 Å². The van der Waals surface area contributed by atoms with Crippen molar-refractivity contribution in [2.24, 2.45) is 16.8 Å². The first-order valence-corrected chi connectivity index (χ1v) is 13.1. The number of alkyl carbamates (subject to hydrolysis) is 1. The lowest BCUT2D eigenvalue weighted by atomic mass is 9.78. The van der Waals surface area contributed by atoms with Crippen LogP contribution in [0.4, 0.5) is 10.5 Å². The zero-order valence-corrected chi connectivity index (χ0v) is 22.5. The first-order chi connectivity index (χ1) is 16.9. The molecule has 1 aromatic carbocycles. The number of fused-ring (bicyclic) bond motifs is 3. The summed E-state index contributed by atoms with van der Waals surface area (Å²) in [5, 5.41) is 2.76. The van der Waals surface area contributed by atoms with Gasteiger partial charge in [0.1, 0.15) is 6.04 Å². The van der Waals surface area contributed by atoms with Gasteiger partial charge >= 0.3 is 13.2 Å². The number of hydrogen-bond acceptors (Lipinski definition) is 6. The number of ether oxygens (including phenoxy) is 1. The van der Waals surface area contributed by atoms with Crippen molar-refractivity contribution in [1.29, 1.82) is 0 Å². The Labute approximate surface area is 214 Å². The van der Waals surface area contributed by atoms with E-state index >= 15 is 0 Å². The molecule has 9 heteroatoms. The van der Waals surface area contributed by atoms with Crippen LogP contribution < -0.4 is 10.8 Å². The van der Waals surface area contributed by atoms with Gasteiger partial charge in [0.2, 0.25) is 5.91 Å². The predicted molar refractivity (Wildman–Crippen MR) is 139 cm³/mol. The summed E-state index contributed by atoms with van der Waals surface area (Å²) in [5.74, 6) is 0.311. The first kappa shape index (κ1) is 25.3. The van der Waals surface area contributed by atoms with Crippen LogP contribution in [0, 0.1) is 11.8 Å². The van der Waals surface area contributed by atoms with E-state index in [4.69, 9.17) is 19.0 Å². The number of nitrogens with one attached hydrogen (secondary N) is 1. The average Bonchev–Trinajstić information content (AvgIpc) is 3.57. The van der Waals surface area contributed by atoms with Crippen molar-refractivity contribution < 1.29 is 23.6 Å². The van der Waals surface area contributed by atoms with Crippen molar-refractivity contribution in [2.45, 2.75) is 96.6 Å². The van der Waals surface area contributed by atoms with Crippen LogP contribution in [0.25, 0.3) is 0 Å². The number of hydrogen-bond donors (Lipinski definition) is 1. The topological polar surface area (TPSA) is 89.5 Å². The largest absolute Gasteiger partial charge is 0.494 e. The van der Waals surface area contributed by atoms with Gasteiger partial charge in [-0.15, -0.1) is 0 Å². The second-order valence-corrected chi connectivity index (χ2v) is 12.0. The Morgan fingerprint density at radius 1 is 1.17 bits per heavy atom. The van der Waals surface area contributed by atoms with Gasteiger partial charge in [0.05, 0.1) is 30.0 Å². The van der Waals surface area contributed by atoms with Crippen LogP contribution in [-0.2, 0) is 25.3 Å². The zero-order valence-electron chi connectivity index (χ0n) is 22.5. The van der Waals surface area contributed by atoms with Crippen molar-refractivity contribution in [3.05, 3.63) is 23.8 Å². The summed E-state index contributed by atoms with van der Waals surface area (Å²) in [6.07, 6.45) is 3.22. The van der Waals surface area contributed by atoms with E-state index in [0.29, 0.717) is 12.3 Å². The van der Waals surface area contributed by atoms with Gasteiger partial charge in [0.15, 0.2) is 0 Å². The molecule has 3 heterocycles. The maximum Gasteiger partial charge on any atom is 0.494 e. The highest BCUT2D eigenvalue weighted by atomic mass is 16.7. The van der Waals surface area contributed by atoms with Crippen LogP contribution in [0.15, 0.2) is 23.2 Å². The van der Waals surface area contributed by atoms with Gasteiger partial charge < -0.3 is 24.3 Å². The number of rotatable bonds is 5. The smallest absolute Gasteiger partial charge is 0.453 e. The minimum absolute atomic E-state index is 0.0374. The van der Waals surface area contributed by atoms with E-state index in [-0.39, 0.29) is 23.9 Å². The van der Waals surface area contributed by atoms with Gasteiger partial charge in [0.25, 0.3) is 0 Å². The van der Waals surface area contributed by atoms with E-state index in [1.807, 2.05) is 30.9 Å². The van der Waals surface area contributed by atoms with Crippen molar-refractivity contribution in [1.82, 2.24) is 10.2 Å². The Balaban J connectivity index is 1.37. The summed E-state index contributed by atoms with van der Waals surface area (Å²) < 4.78 is 17.3. The van der Waals surface area contributed by atoms with Gasteiger partial charge in [-0.3, -0.25) is 9.79 Å². The molecular weight excluding hydrogens is 457 g/mol. The summed E-state index contributed by atoms with van der Waals surface area (Å²) in [6.45, 7) is 12.1. The number of piperidine rings is 1. The fourth-order valence-electron chi connectivity index (χ4n) is 6.14. The first-order valence-electron chi connectivity index (χ1n) is 13.1. The highest BCUT2D eigenvalue weighted by Crippen LogP contribution is 2.45. The molecule has 2 bridgehead atoms. The second kappa shape index (κ2) is 8.87. The van der Waals surface area contributed by atoms with Gasteiger partial charge in [-0.05, 0) is 75.9 Å². The van der Waals surface area contributed by atoms with E-state index in [2.05, 4.69) is 39.1 Å². The second-order valence-electron chi connectivity index (χ2n) is 12.0. The number of carbonyl (C=O) groups excluding carboxylic acids is 2. The molecule has 1 saturated carbocycles. The van der Waals surface area contributed by atoms with E-state index in [1.165, 1.54) is 7.11 Å². The Kier molecular flexibility index (Phi) is 6.23. The lowest BCUT2D eigenvalue weighted by Gasteiger charge is -2.38. The average molecular weight is 495 g/mol. The minimum atomic E-state index is -0.626. The van der Waals surface area contributed by atoms with E-state index in [9.17, 15) is 9.59 Å². The quantitative estimate of drug-likeness (QED) is 0.633. The molecule has 1 aromatic rings. The predicted octanol–water partition coefficient (Wildman–Crippen LogP) is 3.37. The van der Waals surface area contributed by atoms with Crippen molar-refractivity contribution in [3.63, 3.8) is 0 Å². The summed E-state index contributed by atoms with van der Waals surface area (Å²) in [6, 6.07) is 5.75. The highest BCUT2D eigenvalue weighted by molar-refractivity contribution is 6.62. The molecule has 36 heavy (non-hydrogen) atoms. The number of carbonyl (C=O) groups is 2. The third kappa shape index (κ3) is 4.14. The molecule has 0 radical (unpaired) electrons. The minimum Gasteiger partial charge on any atom is -0.453 e. The van der Waals surface area contributed by atoms with Crippen LogP contribution in [0.5, 0.6) is 0 Å². The number of nitrogens with zero attached hydrogens (tertiary/aromatic N) is 2. The molecule has 0 aromatic heterocycles. The fraction of sp³-hybridized carbons (Fsp3) is 0.667. The summed E-state index contributed by atoms with van der Waals surface area (Å²) >= 11 is 0. The maximum absolute atomic E-state index is 13.8. The standard InChI is InChI=1S/C27H38BN3O5/c1-15(2)22(30-25(33)34-7)24(32)31-19-10-8-16(13-19)23(31)21-14-17-12-18(9-11-20(17)29-21)28-35-26(3,4)27(5,6)36-28/h9,11-12,15-16,19,22-23H,8,10,13-14H2,1-7H3,(H,30,33)/t16?,19?,22-,23-/m0/s1. The fourth-order valence-corrected chi connectivity index (χ4v) is 6.14. The molecule has 5 rings (SSSR count). The van der Waals surface area contributed by atoms with E-state index in [0.717, 1.165) is 41.7 Å². The van der Waals surface area contributed by atoms with Crippen LogP contribution in [-0.4, -0.2) is 66.2 Å². The van der Waals surface area contributed by atoms with E-state index in [1.54, 1.807) is 0 Å². The van der Waals surface area contributed by atoms with Crippen LogP contribution >= 0.6 is 0 Å². The van der Waals surface area contributed by atoms with Gasteiger partial charge in [-0.2, -0.15) is 0 Å². The highest BCUT2D eigenvalue weighted by Gasteiger charge is 2.53. The van der Waals surface area contributed by atoms with Crippen molar-refractivity contribution in [3.8, 4) is 0 Å². The Morgan fingerprint density at radius 2 is 1.86 bits per heavy atom. The van der Waals surface area contributed by atoms with Crippen LogP contribution in [0.3, 0.4) is 0 Å². The van der Waals surface area contributed by atoms with E-state index < -0.39 is 30.5 Å². The van der Waals surface area contributed by atoms with Crippen molar-refractivity contribution in [2.75, 3.05) is 7.11 Å². The third-order valence-corrected chi connectivity index (χ3v) is 8.84. The number of amides is 2. The Morgan fingerprint density at radius 3 is 2.50 bits per heavy atom. The third-order valence-electron chi connectivity index (χ3n) is 8.84. The molecule has 8 nitrogen and oxygen atoms in total. The molecule has 2 saturated heterocycles. The molecule has 3 aliphatic heterocycles. The molecule has 4 atom stereocenters. The molecule has 1 N–H and O–H groups in total. The lowest BCUT2D eigenvalue weighted by molar-refractivity contribution is -0.137. The number of methoxy groups -OCH3 is 1. The van der Waals surface area contributed by atoms with Gasteiger partial charge in [-0.1, -0.05) is 26.0 Å². The number of aliphatic imine (C=N–C) groups is 1. The van der Waals surface area contributed by atoms with Crippen LogP contribution in [0.2, 0.25) is 0 Å². The molecule has 4 aliphatic rings. The normalized spacial score (nSPS) is 28.3. The number of likely N-dealkylation sites (tertiary alicyclic amines) is 1. The maximum atomic E-state index is 13.8. The monoisotopic (exact) mass is 495 g/mol.